The van der Waals surface area contributed by atoms with Gasteiger partial charge in [-0.25, -0.2) is 0 Å². The van der Waals surface area contributed by atoms with Gasteiger partial charge in [0.1, 0.15) is 5.76 Å². The van der Waals surface area contributed by atoms with Gasteiger partial charge in [0.25, 0.3) is 0 Å². The van der Waals surface area contributed by atoms with Gasteiger partial charge in [0.05, 0.1) is 0 Å². The number of rotatable bonds is 6. The first-order valence-electron chi connectivity index (χ1n) is 6.52. The minimum absolute atomic E-state index is 0.557. The lowest BCUT2D eigenvalue weighted by Gasteiger charge is -2.07. The quantitative estimate of drug-likeness (QED) is 0.712. The molecule has 0 fully saturated rings. The number of ether oxygens (including phenoxy) is 1. The zero-order chi connectivity index (χ0) is 13.5. The van der Waals surface area contributed by atoms with Crippen molar-refractivity contribution in [3.63, 3.8) is 0 Å². The second-order valence-electron chi connectivity index (χ2n) is 5.07. The maximum Gasteiger partial charge on any atom is 0.220 e. The van der Waals surface area contributed by atoms with Crippen LogP contribution >= 0.6 is 0 Å². The van der Waals surface area contributed by atoms with Gasteiger partial charge < -0.3 is 9.84 Å². The molecule has 1 atom stereocenters. The lowest BCUT2D eigenvalue weighted by molar-refractivity contribution is -0.0195. The average molecular weight is 248 g/mol. The third-order valence-corrected chi connectivity index (χ3v) is 2.94. The Morgan fingerprint density at radius 1 is 1.33 bits per heavy atom. The van der Waals surface area contributed by atoms with Crippen LogP contribution < -0.4 is 0 Å². The highest BCUT2D eigenvalue weighted by atomic mass is 16.6. The highest BCUT2D eigenvalue weighted by Gasteiger charge is 2.18. The molecule has 0 aromatic carbocycles. The molecule has 18 heavy (non-hydrogen) atoms. The SMILES string of the molecule is C=C1C=C(CC/C=C(\C)CCC=C(C)C)C(O)O1. The molecule has 1 N–H and O–H groups in total. The van der Waals surface area contributed by atoms with E-state index >= 15 is 0 Å². The van der Waals surface area contributed by atoms with E-state index in [2.05, 4.69) is 39.5 Å². The first-order chi connectivity index (χ1) is 8.49. The molecule has 1 aliphatic heterocycles. The molecule has 1 heterocycles. The predicted molar refractivity (Wildman–Crippen MR) is 76.0 cm³/mol. The van der Waals surface area contributed by atoms with Gasteiger partial charge in [0.2, 0.25) is 6.29 Å². The molecule has 1 unspecified atom stereocenters. The van der Waals surface area contributed by atoms with Gasteiger partial charge in [-0.15, -0.1) is 0 Å². The molecule has 0 radical (unpaired) electrons. The summed E-state index contributed by atoms with van der Waals surface area (Å²) < 4.78 is 5.06. The molecule has 0 saturated heterocycles. The maximum atomic E-state index is 9.55. The third kappa shape index (κ3) is 5.37. The molecule has 0 saturated carbocycles. The van der Waals surface area contributed by atoms with Gasteiger partial charge in [-0.3, -0.25) is 0 Å². The van der Waals surface area contributed by atoms with Crippen LogP contribution in [0.5, 0.6) is 0 Å². The lowest BCUT2D eigenvalue weighted by Crippen LogP contribution is -2.07. The molecule has 0 amide bonds. The normalized spacial score (nSPS) is 19.6. The van der Waals surface area contributed by atoms with Crippen LogP contribution in [0.4, 0.5) is 0 Å². The Bertz CT molecular complexity index is 382. The summed E-state index contributed by atoms with van der Waals surface area (Å²) in [7, 11) is 0. The Labute approximate surface area is 110 Å². The molecule has 0 spiro atoms. The van der Waals surface area contributed by atoms with Crippen LogP contribution in [0.2, 0.25) is 0 Å². The Hall–Kier alpha value is -1.28. The van der Waals surface area contributed by atoms with E-state index in [9.17, 15) is 5.11 Å². The zero-order valence-electron chi connectivity index (χ0n) is 11.7. The average Bonchev–Trinajstić information content (AvgIpc) is 2.57. The van der Waals surface area contributed by atoms with E-state index in [4.69, 9.17) is 4.74 Å². The molecule has 100 valence electrons. The van der Waals surface area contributed by atoms with Crippen molar-refractivity contribution >= 4 is 0 Å². The van der Waals surface area contributed by atoms with E-state index in [1.54, 1.807) is 0 Å². The summed E-state index contributed by atoms with van der Waals surface area (Å²) in [4.78, 5) is 0. The van der Waals surface area contributed by atoms with Crippen LogP contribution in [0.1, 0.15) is 46.5 Å². The number of hydrogen-bond donors (Lipinski definition) is 1. The minimum Gasteiger partial charge on any atom is -0.462 e. The Morgan fingerprint density at radius 3 is 2.61 bits per heavy atom. The largest absolute Gasteiger partial charge is 0.462 e. The summed E-state index contributed by atoms with van der Waals surface area (Å²) in [6, 6.07) is 0. The van der Waals surface area contributed by atoms with E-state index in [1.807, 2.05) is 6.08 Å². The molecule has 1 rings (SSSR count). The molecule has 0 aromatic heterocycles. The van der Waals surface area contributed by atoms with E-state index < -0.39 is 6.29 Å². The van der Waals surface area contributed by atoms with Crippen LogP contribution in [-0.4, -0.2) is 11.4 Å². The molecule has 0 aliphatic carbocycles. The first kappa shape index (κ1) is 14.8. The summed E-state index contributed by atoms with van der Waals surface area (Å²) in [5.74, 6) is 0.557. The van der Waals surface area contributed by atoms with Crippen molar-refractivity contribution in [3.05, 3.63) is 47.3 Å². The standard InChI is InChI=1S/C16H24O2/c1-12(2)7-5-8-13(3)9-6-10-15-11-14(4)18-16(15)17/h7,9,11,16-17H,4-6,8,10H2,1-3H3/b13-9+. The van der Waals surface area contributed by atoms with Crippen molar-refractivity contribution < 1.29 is 9.84 Å². The summed E-state index contributed by atoms with van der Waals surface area (Å²) in [6.07, 6.45) is 9.55. The number of hydrogen-bond acceptors (Lipinski definition) is 2. The highest BCUT2D eigenvalue weighted by Crippen LogP contribution is 2.23. The van der Waals surface area contributed by atoms with Gasteiger partial charge in [0, 0.05) is 5.57 Å². The van der Waals surface area contributed by atoms with Crippen LogP contribution in [0.25, 0.3) is 0 Å². The van der Waals surface area contributed by atoms with Gasteiger partial charge >= 0.3 is 0 Å². The van der Waals surface area contributed by atoms with Crippen molar-refractivity contribution in [3.8, 4) is 0 Å². The molecular weight excluding hydrogens is 224 g/mol. The Morgan fingerprint density at radius 2 is 2.06 bits per heavy atom. The van der Waals surface area contributed by atoms with Crippen molar-refractivity contribution in [2.45, 2.75) is 52.7 Å². The summed E-state index contributed by atoms with van der Waals surface area (Å²) in [5.41, 5.74) is 3.70. The van der Waals surface area contributed by atoms with E-state index in [1.165, 1.54) is 11.1 Å². The van der Waals surface area contributed by atoms with Crippen LogP contribution in [0.3, 0.4) is 0 Å². The van der Waals surface area contributed by atoms with E-state index in [0.29, 0.717) is 5.76 Å². The smallest absolute Gasteiger partial charge is 0.220 e. The number of aliphatic hydroxyl groups excluding tert-OH is 1. The zero-order valence-corrected chi connectivity index (χ0v) is 11.7. The fourth-order valence-corrected chi connectivity index (χ4v) is 1.90. The molecule has 0 aromatic rings. The van der Waals surface area contributed by atoms with Crippen molar-refractivity contribution in [1.82, 2.24) is 0 Å². The van der Waals surface area contributed by atoms with Gasteiger partial charge in [0.15, 0.2) is 0 Å². The first-order valence-corrected chi connectivity index (χ1v) is 6.52. The summed E-state index contributed by atoms with van der Waals surface area (Å²) >= 11 is 0. The molecule has 1 aliphatic rings. The van der Waals surface area contributed by atoms with Gasteiger partial charge in [-0.05, 0) is 52.5 Å². The van der Waals surface area contributed by atoms with Crippen molar-refractivity contribution in [2.24, 2.45) is 0 Å². The van der Waals surface area contributed by atoms with Crippen LogP contribution in [0, 0.1) is 0 Å². The van der Waals surface area contributed by atoms with Crippen LogP contribution in [-0.2, 0) is 4.74 Å². The number of aliphatic hydroxyl groups is 1. The Kier molecular flexibility index (Phi) is 5.93. The molecule has 2 heteroatoms. The molecule has 2 nitrogen and oxygen atoms in total. The second-order valence-corrected chi connectivity index (χ2v) is 5.07. The van der Waals surface area contributed by atoms with E-state index in [0.717, 1.165) is 31.3 Å². The summed E-state index contributed by atoms with van der Waals surface area (Å²) in [5, 5.41) is 9.55. The van der Waals surface area contributed by atoms with E-state index in [-0.39, 0.29) is 0 Å². The third-order valence-electron chi connectivity index (χ3n) is 2.94. The molecular formula is C16H24O2. The fraction of sp³-hybridized carbons (Fsp3) is 0.500. The van der Waals surface area contributed by atoms with Gasteiger partial charge in [-0.2, -0.15) is 0 Å². The maximum absolute atomic E-state index is 9.55. The highest BCUT2D eigenvalue weighted by molar-refractivity contribution is 5.24. The van der Waals surface area contributed by atoms with Gasteiger partial charge in [-0.1, -0.05) is 29.9 Å². The topological polar surface area (TPSA) is 29.5 Å². The predicted octanol–water partition coefficient (Wildman–Crippen LogP) is 4.25. The Balaban J connectivity index is 2.29. The lowest BCUT2D eigenvalue weighted by atomic mass is 10.1. The van der Waals surface area contributed by atoms with Crippen molar-refractivity contribution in [2.75, 3.05) is 0 Å². The summed E-state index contributed by atoms with van der Waals surface area (Å²) in [6.45, 7) is 10.1. The molecule has 0 bridgehead atoms. The second kappa shape index (κ2) is 7.22. The fourth-order valence-electron chi connectivity index (χ4n) is 1.90. The number of allylic oxidation sites excluding steroid dienone is 5. The van der Waals surface area contributed by atoms with Crippen LogP contribution in [0.15, 0.2) is 47.3 Å². The monoisotopic (exact) mass is 248 g/mol. The van der Waals surface area contributed by atoms with Crippen molar-refractivity contribution in [1.29, 1.82) is 0 Å². The minimum atomic E-state index is -0.781.